The first-order chi connectivity index (χ1) is 22.8. The number of allylic oxidation sites excluding steroid dienone is 1. The number of hydrogen-bond donors (Lipinski definition) is 1. The van der Waals surface area contributed by atoms with E-state index >= 15 is 0 Å². The molecular weight excluding hydrogens is 622 g/mol. The van der Waals surface area contributed by atoms with Gasteiger partial charge in [0.1, 0.15) is 11.5 Å². The van der Waals surface area contributed by atoms with Gasteiger partial charge in [-0.25, -0.2) is 8.42 Å². The minimum absolute atomic E-state index is 0.00495. The molecule has 47 heavy (non-hydrogen) atoms. The molecule has 0 spiro atoms. The number of methoxy groups -OCH3 is 2. The predicted octanol–water partition coefficient (Wildman–Crippen LogP) is 3.46. The van der Waals surface area contributed by atoms with Crippen LogP contribution in [-0.4, -0.2) is 107 Å². The summed E-state index contributed by atoms with van der Waals surface area (Å²) in [4.78, 5) is 18.0. The summed E-state index contributed by atoms with van der Waals surface area (Å²) in [5, 5.41) is 9.63. The zero-order chi connectivity index (χ0) is 33.2. The molecule has 0 aromatic heterocycles. The lowest BCUT2D eigenvalue weighted by Crippen LogP contribution is -2.49. The van der Waals surface area contributed by atoms with E-state index in [4.69, 9.17) is 18.9 Å². The highest BCUT2D eigenvalue weighted by atomic mass is 32.2. The summed E-state index contributed by atoms with van der Waals surface area (Å²) < 4.78 is 50.6. The number of aliphatic hydroxyl groups is 1. The van der Waals surface area contributed by atoms with Crippen LogP contribution in [0.4, 0.5) is 0 Å². The number of amides is 1. The van der Waals surface area contributed by atoms with Gasteiger partial charge in [-0.1, -0.05) is 42.5 Å². The maximum Gasteiger partial charge on any atom is 0.288 e. The number of sulfonamides is 1. The molecule has 0 bridgehead atoms. The van der Waals surface area contributed by atoms with Crippen molar-refractivity contribution >= 4 is 15.9 Å². The number of carbonyl (C=O) groups is 1. The molecule has 2 heterocycles. The van der Waals surface area contributed by atoms with Crippen LogP contribution in [-0.2, 0) is 30.8 Å². The minimum Gasteiger partial charge on any atom is -0.497 e. The van der Waals surface area contributed by atoms with Crippen LogP contribution in [0.5, 0.6) is 11.5 Å². The molecule has 0 aliphatic carbocycles. The van der Waals surface area contributed by atoms with Gasteiger partial charge >= 0.3 is 0 Å². The fraction of sp³-hybridized carbons (Fsp3) is 0.400. The fourth-order valence-electron chi connectivity index (χ4n) is 5.75. The average Bonchev–Trinajstić information content (AvgIpc) is 3.11. The molecule has 11 nitrogen and oxygen atoms in total. The summed E-state index contributed by atoms with van der Waals surface area (Å²) in [5.41, 5.74) is 2.21. The maximum atomic E-state index is 13.8. The van der Waals surface area contributed by atoms with Gasteiger partial charge in [0.15, 0.2) is 5.76 Å². The summed E-state index contributed by atoms with van der Waals surface area (Å²) in [6.07, 6.45) is 1.50. The molecule has 2 aliphatic rings. The van der Waals surface area contributed by atoms with E-state index in [0.717, 1.165) is 30.9 Å². The topological polar surface area (TPSA) is 118 Å². The molecule has 3 aromatic carbocycles. The van der Waals surface area contributed by atoms with Crippen LogP contribution in [0.1, 0.15) is 23.5 Å². The van der Waals surface area contributed by atoms with E-state index in [-0.39, 0.29) is 48.8 Å². The smallest absolute Gasteiger partial charge is 0.288 e. The molecule has 1 fully saturated rings. The SMILES string of the molecule is COc1ccc([C@H]2C=C(C(=O)N3CCN(Cc4ccccc4)CC3)O[C@@H](OCCN(CCO)S(=O)(=O)c3ccc(OC)cc3)C2)cc1. The van der Waals surface area contributed by atoms with Crippen LogP contribution in [0.25, 0.3) is 0 Å². The Hall–Kier alpha value is -3.94. The van der Waals surface area contributed by atoms with Crippen molar-refractivity contribution in [3.05, 3.63) is 102 Å². The van der Waals surface area contributed by atoms with Crippen molar-refractivity contribution in [2.45, 2.75) is 30.1 Å². The summed E-state index contributed by atoms with van der Waals surface area (Å²) in [7, 11) is -0.790. The molecule has 12 heteroatoms. The van der Waals surface area contributed by atoms with Gasteiger partial charge in [-0.2, -0.15) is 4.31 Å². The first kappa shape index (κ1) is 34.4. The van der Waals surface area contributed by atoms with Gasteiger partial charge in [0.2, 0.25) is 16.3 Å². The summed E-state index contributed by atoms with van der Waals surface area (Å²) >= 11 is 0. The van der Waals surface area contributed by atoms with Gasteiger partial charge < -0.3 is 29.0 Å². The Balaban J connectivity index is 1.25. The summed E-state index contributed by atoms with van der Waals surface area (Å²) in [6.45, 7) is 3.01. The van der Waals surface area contributed by atoms with Gasteiger partial charge in [-0.15, -0.1) is 0 Å². The third kappa shape index (κ3) is 8.91. The third-order valence-electron chi connectivity index (χ3n) is 8.41. The van der Waals surface area contributed by atoms with Crippen LogP contribution in [0, 0.1) is 0 Å². The lowest BCUT2D eigenvalue weighted by Gasteiger charge is -2.36. The first-order valence-corrected chi connectivity index (χ1v) is 17.2. The Morgan fingerprint density at radius 3 is 2.15 bits per heavy atom. The molecule has 0 unspecified atom stereocenters. The molecule has 2 atom stereocenters. The zero-order valence-corrected chi connectivity index (χ0v) is 27.7. The monoisotopic (exact) mass is 665 g/mol. The van der Waals surface area contributed by atoms with Crippen molar-refractivity contribution in [2.75, 3.05) is 66.7 Å². The number of carbonyl (C=O) groups excluding carboxylic acids is 1. The second-order valence-corrected chi connectivity index (χ2v) is 13.4. The van der Waals surface area contributed by atoms with E-state index < -0.39 is 16.3 Å². The molecule has 5 rings (SSSR count). The van der Waals surface area contributed by atoms with Crippen LogP contribution >= 0.6 is 0 Å². The van der Waals surface area contributed by atoms with E-state index in [2.05, 4.69) is 17.0 Å². The standard InChI is InChI=1S/C35H43N3O8S/c1-43-30-10-8-28(9-11-30)29-24-33(35(40)37-18-16-36(17-19-37)26-27-6-4-3-5-7-27)46-34(25-29)45-23-21-38(20-22-39)47(41,42)32-14-12-31(44-2)13-15-32/h3-15,24,29,34,39H,16-23,25-26H2,1-2H3/t29-,34+/m0/s1. The van der Waals surface area contributed by atoms with E-state index in [9.17, 15) is 18.3 Å². The molecular formula is C35H43N3O8S. The number of ether oxygens (including phenoxy) is 4. The van der Waals surface area contributed by atoms with Gasteiger partial charge in [0, 0.05) is 58.2 Å². The van der Waals surface area contributed by atoms with Crippen molar-refractivity contribution in [3.8, 4) is 11.5 Å². The highest BCUT2D eigenvalue weighted by molar-refractivity contribution is 7.89. The van der Waals surface area contributed by atoms with Crippen LogP contribution in [0.15, 0.2) is 95.6 Å². The third-order valence-corrected chi connectivity index (χ3v) is 10.3. The van der Waals surface area contributed by atoms with Crippen LogP contribution in [0.2, 0.25) is 0 Å². The van der Waals surface area contributed by atoms with Crippen molar-refractivity contribution in [1.29, 1.82) is 0 Å². The van der Waals surface area contributed by atoms with Crippen molar-refractivity contribution in [2.24, 2.45) is 0 Å². The van der Waals surface area contributed by atoms with E-state index in [1.807, 2.05) is 53.4 Å². The van der Waals surface area contributed by atoms with Crippen LogP contribution in [0.3, 0.4) is 0 Å². The summed E-state index contributed by atoms with van der Waals surface area (Å²) in [6, 6.07) is 24.0. The van der Waals surface area contributed by atoms with Crippen molar-refractivity contribution < 1.29 is 37.3 Å². The average molecular weight is 666 g/mol. The molecule has 0 saturated carbocycles. The first-order valence-electron chi connectivity index (χ1n) is 15.8. The van der Waals surface area contributed by atoms with Gasteiger partial charge in [-0.3, -0.25) is 9.69 Å². The lowest BCUT2D eigenvalue weighted by molar-refractivity contribution is -0.154. The number of hydrogen-bond acceptors (Lipinski definition) is 9. The van der Waals surface area contributed by atoms with E-state index in [1.54, 1.807) is 19.2 Å². The molecule has 3 aromatic rings. The lowest BCUT2D eigenvalue weighted by atomic mass is 9.92. The normalized spacial score (nSPS) is 18.8. The second kappa shape index (κ2) is 16.2. The second-order valence-electron chi connectivity index (χ2n) is 11.4. The Morgan fingerprint density at radius 2 is 1.53 bits per heavy atom. The number of benzene rings is 3. The molecule has 1 amide bonds. The molecule has 1 saturated heterocycles. The Labute approximate surface area is 276 Å². The molecule has 252 valence electrons. The van der Waals surface area contributed by atoms with Gasteiger partial charge in [0.25, 0.3) is 5.91 Å². The number of rotatable bonds is 14. The van der Waals surface area contributed by atoms with Crippen molar-refractivity contribution in [1.82, 2.24) is 14.1 Å². The highest BCUT2D eigenvalue weighted by Crippen LogP contribution is 2.33. The summed E-state index contributed by atoms with van der Waals surface area (Å²) in [5.74, 6) is 1.12. The Kier molecular flexibility index (Phi) is 11.9. The van der Waals surface area contributed by atoms with E-state index in [0.29, 0.717) is 25.3 Å². The molecule has 1 N–H and O–H groups in total. The Morgan fingerprint density at radius 1 is 0.894 bits per heavy atom. The highest BCUT2D eigenvalue weighted by Gasteiger charge is 2.33. The fourth-order valence-corrected chi connectivity index (χ4v) is 7.16. The maximum absolute atomic E-state index is 13.8. The van der Waals surface area contributed by atoms with E-state index in [1.165, 1.54) is 29.1 Å². The van der Waals surface area contributed by atoms with Crippen molar-refractivity contribution in [3.63, 3.8) is 0 Å². The zero-order valence-electron chi connectivity index (χ0n) is 26.9. The molecule has 2 aliphatic heterocycles. The molecule has 0 radical (unpaired) electrons. The predicted molar refractivity (Wildman–Crippen MR) is 176 cm³/mol. The number of nitrogens with zero attached hydrogens (tertiary/aromatic N) is 3. The number of aliphatic hydroxyl groups excluding tert-OH is 1. The van der Waals surface area contributed by atoms with Gasteiger partial charge in [0.05, 0.1) is 32.3 Å². The quantitative estimate of drug-likeness (QED) is 0.276. The van der Waals surface area contributed by atoms with Gasteiger partial charge in [-0.05, 0) is 53.6 Å². The minimum atomic E-state index is -3.91. The largest absolute Gasteiger partial charge is 0.497 e. The Bertz CT molecular complexity index is 1580. The van der Waals surface area contributed by atoms with Crippen LogP contribution < -0.4 is 9.47 Å². The number of piperazine rings is 1.